The smallest absolute Gasteiger partial charge is 0.261 e. The van der Waals surface area contributed by atoms with Crippen LogP contribution in [-0.2, 0) is 10.0 Å². The molecule has 2 aliphatic heterocycles. The van der Waals surface area contributed by atoms with Crippen LogP contribution in [0.4, 0.5) is 5.69 Å². The Morgan fingerprint density at radius 2 is 1.62 bits per heavy atom. The Hall–Kier alpha value is -2.96. The molecule has 2 atom stereocenters. The van der Waals surface area contributed by atoms with Gasteiger partial charge in [-0.2, -0.15) is 0 Å². The number of likely N-dealkylation sites (tertiary alicyclic amines) is 1. The number of fused-ring (bicyclic) bond motifs is 3. The predicted octanol–water partition coefficient (Wildman–Crippen LogP) is 5.05. The highest BCUT2D eigenvalue weighted by Crippen LogP contribution is 2.38. The maximum absolute atomic E-state index is 12.8. The van der Waals surface area contributed by atoms with E-state index < -0.39 is 10.0 Å². The van der Waals surface area contributed by atoms with Gasteiger partial charge in [0.1, 0.15) is 0 Å². The quantitative estimate of drug-likeness (QED) is 0.577. The Bertz CT molecular complexity index is 1360. The van der Waals surface area contributed by atoms with Crippen molar-refractivity contribution >= 4 is 21.4 Å². The van der Waals surface area contributed by atoms with Gasteiger partial charge in [-0.25, -0.2) is 8.42 Å². The van der Waals surface area contributed by atoms with Crippen LogP contribution in [0.25, 0.3) is 0 Å². The van der Waals surface area contributed by atoms with E-state index in [1.54, 1.807) is 24.3 Å². The fraction of sp³-hybridized carbons (Fsp3) is 0.321. The Labute approximate surface area is 202 Å². The summed E-state index contributed by atoms with van der Waals surface area (Å²) in [4.78, 5) is 7.89. The fourth-order valence-corrected chi connectivity index (χ4v) is 6.06. The molecule has 2 unspecified atom stereocenters. The molecule has 5 nitrogen and oxygen atoms in total. The lowest BCUT2D eigenvalue weighted by molar-refractivity contribution is 0.227. The minimum atomic E-state index is -3.63. The number of nitrogens with zero attached hydrogens (tertiary/aromatic N) is 2. The van der Waals surface area contributed by atoms with Gasteiger partial charge in [0, 0.05) is 29.3 Å². The van der Waals surface area contributed by atoms with E-state index in [4.69, 9.17) is 4.99 Å². The summed E-state index contributed by atoms with van der Waals surface area (Å²) in [7, 11) is -1.45. The summed E-state index contributed by atoms with van der Waals surface area (Å²) < 4.78 is 28.3. The van der Waals surface area contributed by atoms with Crippen LogP contribution in [-0.4, -0.2) is 45.2 Å². The first-order valence-electron chi connectivity index (χ1n) is 11.8. The average Bonchev–Trinajstić information content (AvgIpc) is 2.80. The first-order valence-corrected chi connectivity index (χ1v) is 13.3. The van der Waals surface area contributed by atoms with Gasteiger partial charge in [-0.1, -0.05) is 35.9 Å². The van der Waals surface area contributed by atoms with Crippen LogP contribution in [0.5, 0.6) is 0 Å². The maximum atomic E-state index is 12.8. The average molecular weight is 474 g/mol. The van der Waals surface area contributed by atoms with Crippen LogP contribution in [0.1, 0.15) is 45.7 Å². The summed E-state index contributed by atoms with van der Waals surface area (Å²) in [6.07, 6.45) is 1.05. The Kier molecular flexibility index (Phi) is 5.82. The summed E-state index contributed by atoms with van der Waals surface area (Å²) in [5.74, 6) is 0.414. The fourth-order valence-electron chi connectivity index (χ4n) is 5.01. The third-order valence-electron chi connectivity index (χ3n) is 7.14. The monoisotopic (exact) mass is 473 g/mol. The molecule has 0 bridgehead atoms. The van der Waals surface area contributed by atoms with Crippen molar-refractivity contribution in [1.29, 1.82) is 0 Å². The molecule has 34 heavy (non-hydrogen) atoms. The van der Waals surface area contributed by atoms with Crippen molar-refractivity contribution in [3.05, 3.63) is 94.0 Å². The molecule has 1 N–H and O–H groups in total. The summed E-state index contributed by atoms with van der Waals surface area (Å²) in [5, 5.41) is 0. The van der Waals surface area contributed by atoms with E-state index in [1.165, 1.54) is 22.3 Å². The number of hydrogen-bond donors (Lipinski definition) is 1. The molecule has 3 aromatic carbocycles. The third kappa shape index (κ3) is 4.28. The molecule has 0 radical (unpaired) electrons. The number of sulfonamides is 1. The second kappa shape index (κ2) is 8.67. The van der Waals surface area contributed by atoms with E-state index in [0.29, 0.717) is 11.6 Å². The zero-order chi connectivity index (χ0) is 24.0. The largest absolute Gasteiger partial charge is 0.306 e. The van der Waals surface area contributed by atoms with E-state index >= 15 is 0 Å². The van der Waals surface area contributed by atoms with Crippen molar-refractivity contribution in [2.24, 2.45) is 4.99 Å². The van der Waals surface area contributed by atoms with Crippen LogP contribution in [0.3, 0.4) is 0 Å². The molecular weight excluding hydrogens is 442 g/mol. The van der Waals surface area contributed by atoms with Gasteiger partial charge >= 0.3 is 0 Å². The third-order valence-corrected chi connectivity index (χ3v) is 8.53. The van der Waals surface area contributed by atoms with E-state index in [9.17, 15) is 8.42 Å². The molecule has 176 valence electrons. The number of anilines is 1. The first-order chi connectivity index (χ1) is 16.2. The van der Waals surface area contributed by atoms with Crippen molar-refractivity contribution in [2.45, 2.75) is 44.0 Å². The van der Waals surface area contributed by atoms with Crippen molar-refractivity contribution < 1.29 is 8.42 Å². The standard InChI is InChI=1S/C28H31N3O2S/c1-18-5-11-23(12-6-18)34(32,33)30-22-9-7-21(8-10-22)28-25-16-20(3)19(2)15-24(25)26-17-31(4)14-13-27(26)29-28/h5-12,15-16,26-27,30H,13-14,17H2,1-4H3. The van der Waals surface area contributed by atoms with Crippen LogP contribution >= 0.6 is 0 Å². The Morgan fingerprint density at radius 1 is 0.941 bits per heavy atom. The molecule has 1 fully saturated rings. The predicted molar refractivity (Wildman–Crippen MR) is 139 cm³/mol. The van der Waals surface area contributed by atoms with E-state index in [2.05, 4.69) is 42.6 Å². The lowest BCUT2D eigenvalue weighted by Gasteiger charge is -2.39. The van der Waals surface area contributed by atoms with Crippen LogP contribution in [0.2, 0.25) is 0 Å². The molecule has 0 spiro atoms. The molecule has 0 saturated carbocycles. The normalized spacial score (nSPS) is 20.3. The minimum absolute atomic E-state index is 0.256. The highest BCUT2D eigenvalue weighted by molar-refractivity contribution is 7.92. The summed E-state index contributed by atoms with van der Waals surface area (Å²) in [6, 6.07) is 19.3. The van der Waals surface area contributed by atoms with Crippen LogP contribution in [0.15, 0.2) is 70.6 Å². The number of aliphatic imine (C=N–C) groups is 1. The molecule has 0 aliphatic carbocycles. The van der Waals surface area contributed by atoms with Crippen molar-refractivity contribution in [2.75, 3.05) is 24.9 Å². The van der Waals surface area contributed by atoms with E-state index in [0.717, 1.165) is 36.3 Å². The number of rotatable bonds is 4. The number of nitrogens with one attached hydrogen (secondary N) is 1. The number of likely N-dealkylation sites (N-methyl/N-ethyl adjacent to an activating group) is 1. The maximum Gasteiger partial charge on any atom is 0.261 e. The van der Waals surface area contributed by atoms with Gasteiger partial charge in [0.25, 0.3) is 10.0 Å². The first kappa shape index (κ1) is 22.8. The van der Waals surface area contributed by atoms with Crippen molar-refractivity contribution in [3.63, 3.8) is 0 Å². The second-order valence-electron chi connectivity index (χ2n) is 9.72. The Morgan fingerprint density at radius 3 is 2.32 bits per heavy atom. The minimum Gasteiger partial charge on any atom is -0.306 e. The van der Waals surface area contributed by atoms with Crippen molar-refractivity contribution in [1.82, 2.24) is 4.90 Å². The van der Waals surface area contributed by atoms with Gasteiger partial charge in [-0.15, -0.1) is 0 Å². The van der Waals surface area contributed by atoms with Gasteiger partial charge in [0.15, 0.2) is 0 Å². The van der Waals surface area contributed by atoms with Crippen LogP contribution < -0.4 is 4.72 Å². The lowest BCUT2D eigenvalue weighted by atomic mass is 9.78. The van der Waals surface area contributed by atoms with Crippen molar-refractivity contribution in [3.8, 4) is 0 Å². The van der Waals surface area contributed by atoms with Gasteiger partial charge in [-0.3, -0.25) is 9.71 Å². The SMILES string of the molecule is Cc1ccc(S(=O)(=O)Nc2ccc(C3=NC4CCN(C)CC4c4cc(C)c(C)cc43)cc2)cc1. The molecule has 0 aromatic heterocycles. The molecule has 2 heterocycles. The van der Waals surface area contributed by atoms with Gasteiger partial charge in [0.2, 0.25) is 0 Å². The topological polar surface area (TPSA) is 61.8 Å². The number of aryl methyl sites for hydroxylation is 3. The molecule has 2 aliphatic rings. The van der Waals surface area contributed by atoms with Gasteiger partial charge in [0.05, 0.1) is 16.6 Å². The highest BCUT2D eigenvalue weighted by Gasteiger charge is 2.35. The number of benzene rings is 3. The van der Waals surface area contributed by atoms with E-state index in [-0.39, 0.29) is 10.9 Å². The lowest BCUT2D eigenvalue weighted by Crippen LogP contribution is -2.42. The van der Waals surface area contributed by atoms with Gasteiger partial charge < -0.3 is 4.90 Å². The highest BCUT2D eigenvalue weighted by atomic mass is 32.2. The summed E-state index contributed by atoms with van der Waals surface area (Å²) in [5.41, 5.74) is 8.75. The molecule has 1 saturated heterocycles. The summed E-state index contributed by atoms with van der Waals surface area (Å²) >= 11 is 0. The number of hydrogen-bond acceptors (Lipinski definition) is 4. The Balaban J connectivity index is 1.47. The van der Waals surface area contributed by atoms with Gasteiger partial charge in [-0.05, 0) is 87.8 Å². The van der Waals surface area contributed by atoms with Crippen LogP contribution in [0, 0.1) is 20.8 Å². The molecule has 6 heteroatoms. The number of piperidine rings is 1. The molecular formula is C28H31N3O2S. The summed E-state index contributed by atoms with van der Waals surface area (Å²) in [6.45, 7) is 8.34. The molecule has 5 rings (SSSR count). The molecule has 0 amide bonds. The second-order valence-corrected chi connectivity index (χ2v) is 11.4. The zero-order valence-electron chi connectivity index (χ0n) is 20.2. The zero-order valence-corrected chi connectivity index (χ0v) is 21.0. The molecule has 3 aromatic rings. The van der Waals surface area contributed by atoms with E-state index in [1.807, 2.05) is 31.2 Å².